The molecule has 258 valence electrons. The molecule has 1 saturated heterocycles. The lowest BCUT2D eigenvalue weighted by atomic mass is 10.0. The molecule has 10 heteroatoms. The number of ether oxygens (including phenoxy) is 3. The third-order valence-corrected chi connectivity index (χ3v) is 8.30. The fraction of sp³-hybridized carbons (Fsp3) is 0.771. The number of nitrogens with one attached hydrogen (secondary N) is 1. The van der Waals surface area contributed by atoms with Gasteiger partial charge in [0.15, 0.2) is 6.20 Å². The van der Waals surface area contributed by atoms with Crippen LogP contribution in [-0.2, 0) is 32.1 Å². The molecule has 1 aromatic heterocycles. The topological polar surface area (TPSA) is 98.0 Å². The van der Waals surface area contributed by atoms with Gasteiger partial charge in [0.1, 0.15) is 26.3 Å². The molecule has 1 fully saturated rings. The minimum absolute atomic E-state index is 0. The Labute approximate surface area is 289 Å². The van der Waals surface area contributed by atoms with E-state index in [1.165, 1.54) is 96.8 Å². The summed E-state index contributed by atoms with van der Waals surface area (Å²) >= 11 is 0. The molecule has 1 aromatic rings. The molecule has 0 radical (unpaired) electrons. The zero-order valence-corrected chi connectivity index (χ0v) is 30.4. The van der Waals surface area contributed by atoms with Gasteiger partial charge < -0.3 is 43.5 Å². The van der Waals surface area contributed by atoms with Crippen molar-refractivity contribution >= 4 is 18.1 Å². The number of alkyl carbamates (subject to hydrolysis) is 1. The summed E-state index contributed by atoms with van der Waals surface area (Å²) in [6.07, 6.45) is 22.1. The molecular formula is C35H60IN3O6. The van der Waals surface area contributed by atoms with E-state index in [1.807, 2.05) is 35.9 Å². The molecule has 2 rings (SSSR count). The van der Waals surface area contributed by atoms with Crippen molar-refractivity contribution in [2.45, 2.75) is 155 Å². The standard InChI is InChI=1S/C35H59N3O6.HI/c1-4-6-7-8-9-10-11-12-13-14-15-16-17-18-19-21-24-36-34(40)42-28-32-26-33(44-32)29-43-35(41)38(30(3)39)27-31-23-20-22-25-37(31)5-2;/h20,22-23,25,32-33H,4-19,21,24,26-29H2,1-3H3;1H/t32-,33+;/m0./s1. The molecule has 1 aliphatic heterocycles. The van der Waals surface area contributed by atoms with Gasteiger partial charge in [-0.25, -0.2) is 19.1 Å². The molecular weight excluding hydrogens is 685 g/mol. The molecule has 3 amide bonds. The summed E-state index contributed by atoms with van der Waals surface area (Å²) in [5.74, 6) is -0.382. The Morgan fingerprint density at radius 3 is 1.84 bits per heavy atom. The van der Waals surface area contributed by atoms with E-state index in [9.17, 15) is 14.4 Å². The molecule has 9 nitrogen and oxygen atoms in total. The number of carbonyl (C=O) groups excluding carboxylic acids is 3. The van der Waals surface area contributed by atoms with Crippen LogP contribution in [0.15, 0.2) is 24.4 Å². The van der Waals surface area contributed by atoms with Crippen molar-refractivity contribution in [2.75, 3.05) is 19.8 Å². The van der Waals surface area contributed by atoms with Crippen LogP contribution in [0.25, 0.3) is 0 Å². The summed E-state index contributed by atoms with van der Waals surface area (Å²) in [5.41, 5.74) is 0.840. The first-order valence-corrected chi connectivity index (χ1v) is 17.4. The van der Waals surface area contributed by atoms with E-state index in [0.29, 0.717) is 13.0 Å². The summed E-state index contributed by atoms with van der Waals surface area (Å²) in [5, 5.41) is 2.81. The maximum Gasteiger partial charge on any atom is 0.417 e. The van der Waals surface area contributed by atoms with Gasteiger partial charge in [-0.05, 0) is 13.3 Å². The maximum atomic E-state index is 12.6. The van der Waals surface area contributed by atoms with Crippen LogP contribution >= 0.6 is 0 Å². The predicted molar refractivity (Wildman–Crippen MR) is 172 cm³/mol. The van der Waals surface area contributed by atoms with E-state index < -0.39 is 12.2 Å². The van der Waals surface area contributed by atoms with Crippen molar-refractivity contribution in [1.82, 2.24) is 10.2 Å². The van der Waals surface area contributed by atoms with Crippen molar-refractivity contribution in [3.63, 3.8) is 0 Å². The number of halogens is 1. The van der Waals surface area contributed by atoms with Crippen LogP contribution in [0.3, 0.4) is 0 Å². The van der Waals surface area contributed by atoms with Gasteiger partial charge in [-0.1, -0.05) is 109 Å². The second kappa shape index (κ2) is 26.2. The Kier molecular flexibility index (Phi) is 23.9. The second-order valence-electron chi connectivity index (χ2n) is 12.1. The van der Waals surface area contributed by atoms with Gasteiger partial charge >= 0.3 is 12.2 Å². The van der Waals surface area contributed by atoms with Crippen LogP contribution in [0, 0.1) is 0 Å². The molecule has 2 heterocycles. The normalized spacial score (nSPS) is 15.4. The summed E-state index contributed by atoms with van der Waals surface area (Å²) in [6, 6.07) is 5.66. The minimum Gasteiger partial charge on any atom is -1.00 e. The van der Waals surface area contributed by atoms with E-state index >= 15 is 0 Å². The molecule has 0 unspecified atom stereocenters. The van der Waals surface area contributed by atoms with E-state index in [0.717, 1.165) is 30.0 Å². The SMILES string of the molecule is CCCCCCCCCCCCCCCCCCNC(=O)OC[C@@H]1C[C@H](COC(=O)N(Cc2cccc[n+]2CC)C(C)=O)O1.[I-]. The van der Waals surface area contributed by atoms with Gasteiger partial charge in [0.25, 0.3) is 0 Å². The quantitative estimate of drug-likeness (QED) is 0.0943. The number of aromatic nitrogens is 1. The van der Waals surface area contributed by atoms with Crippen molar-refractivity contribution in [3.05, 3.63) is 30.1 Å². The first kappa shape index (κ1) is 41.1. The number of hydrogen-bond donors (Lipinski definition) is 1. The smallest absolute Gasteiger partial charge is 0.417 e. The number of amides is 3. The number of rotatable bonds is 24. The highest BCUT2D eigenvalue weighted by molar-refractivity contribution is 5.90. The highest BCUT2D eigenvalue weighted by atomic mass is 127. The summed E-state index contributed by atoms with van der Waals surface area (Å²) < 4.78 is 18.3. The van der Waals surface area contributed by atoms with Crippen LogP contribution in [0.2, 0.25) is 0 Å². The first-order chi connectivity index (χ1) is 21.4. The summed E-state index contributed by atoms with van der Waals surface area (Å²) in [6.45, 7) is 7.32. The molecule has 45 heavy (non-hydrogen) atoms. The van der Waals surface area contributed by atoms with Gasteiger partial charge in [-0.2, -0.15) is 0 Å². The Morgan fingerprint density at radius 1 is 0.822 bits per heavy atom. The number of aryl methyl sites for hydroxylation is 1. The molecule has 0 spiro atoms. The Hall–Kier alpha value is -1.95. The Bertz CT molecular complexity index is 944. The van der Waals surface area contributed by atoms with Crippen molar-refractivity contribution in [3.8, 4) is 0 Å². The maximum absolute atomic E-state index is 12.6. The van der Waals surface area contributed by atoms with E-state index in [1.54, 1.807) is 0 Å². The molecule has 2 atom stereocenters. The van der Waals surface area contributed by atoms with Gasteiger partial charge in [0, 0.05) is 32.0 Å². The highest BCUT2D eigenvalue weighted by Gasteiger charge is 2.33. The predicted octanol–water partition coefficient (Wildman–Crippen LogP) is 4.63. The molecule has 0 aromatic carbocycles. The Morgan fingerprint density at radius 2 is 1.33 bits per heavy atom. The number of hydrogen-bond acceptors (Lipinski definition) is 6. The van der Waals surface area contributed by atoms with Crippen LogP contribution in [0.1, 0.15) is 136 Å². The summed E-state index contributed by atoms with van der Waals surface area (Å²) in [4.78, 5) is 37.7. The van der Waals surface area contributed by atoms with Crippen LogP contribution < -0.4 is 33.9 Å². The van der Waals surface area contributed by atoms with Crippen molar-refractivity contribution < 1.29 is 57.1 Å². The fourth-order valence-electron chi connectivity index (χ4n) is 5.52. The number of pyridine rings is 1. The third-order valence-electron chi connectivity index (χ3n) is 8.30. The number of carbonyl (C=O) groups is 3. The minimum atomic E-state index is -0.694. The molecule has 0 aliphatic carbocycles. The number of nitrogens with zero attached hydrogens (tertiary/aromatic N) is 2. The lowest BCUT2D eigenvalue weighted by molar-refractivity contribution is -0.701. The van der Waals surface area contributed by atoms with E-state index in [4.69, 9.17) is 14.2 Å². The van der Waals surface area contributed by atoms with Gasteiger partial charge in [-0.3, -0.25) is 4.79 Å². The zero-order valence-electron chi connectivity index (χ0n) is 28.2. The van der Waals surface area contributed by atoms with Crippen molar-refractivity contribution in [1.29, 1.82) is 0 Å². The largest absolute Gasteiger partial charge is 1.00 e. The number of unbranched alkanes of at least 4 members (excludes halogenated alkanes) is 15. The lowest BCUT2D eigenvalue weighted by Gasteiger charge is -2.35. The van der Waals surface area contributed by atoms with Crippen LogP contribution in [0.5, 0.6) is 0 Å². The molecule has 0 saturated carbocycles. The van der Waals surface area contributed by atoms with Crippen LogP contribution in [-0.4, -0.2) is 55.0 Å². The van der Waals surface area contributed by atoms with Gasteiger partial charge in [-0.15, -0.1) is 0 Å². The van der Waals surface area contributed by atoms with Crippen molar-refractivity contribution in [2.24, 2.45) is 0 Å². The van der Waals surface area contributed by atoms with E-state index in [-0.39, 0.29) is 61.9 Å². The zero-order chi connectivity index (χ0) is 31.8. The average molecular weight is 746 g/mol. The lowest BCUT2D eigenvalue weighted by Crippen LogP contribution is -3.00. The average Bonchev–Trinajstić information content (AvgIpc) is 3.00. The molecule has 1 aliphatic rings. The highest BCUT2D eigenvalue weighted by Crippen LogP contribution is 2.21. The summed E-state index contributed by atoms with van der Waals surface area (Å²) in [7, 11) is 0. The van der Waals surface area contributed by atoms with E-state index in [2.05, 4.69) is 12.2 Å². The van der Waals surface area contributed by atoms with Gasteiger partial charge in [0.2, 0.25) is 11.6 Å². The molecule has 0 bridgehead atoms. The monoisotopic (exact) mass is 745 g/mol. The molecule has 1 N–H and O–H groups in total. The third kappa shape index (κ3) is 18.7. The first-order valence-electron chi connectivity index (χ1n) is 17.4. The fourth-order valence-corrected chi connectivity index (χ4v) is 5.52. The van der Waals surface area contributed by atoms with Gasteiger partial charge in [0.05, 0.1) is 12.2 Å². The Balaban J connectivity index is 0.0000101. The number of imide groups is 1. The van der Waals surface area contributed by atoms with Crippen LogP contribution in [0.4, 0.5) is 9.59 Å². The second-order valence-corrected chi connectivity index (χ2v) is 12.1.